The number of rotatable bonds is 2. The van der Waals surface area contributed by atoms with Crippen LogP contribution in [-0.2, 0) is 14.4 Å². The normalized spacial score (nSPS) is 28.4. The Bertz CT molecular complexity index is 653. The summed E-state index contributed by atoms with van der Waals surface area (Å²) >= 11 is 0. The van der Waals surface area contributed by atoms with E-state index in [-0.39, 0.29) is 25.4 Å². The second kappa shape index (κ2) is 6.20. The van der Waals surface area contributed by atoms with Gasteiger partial charge in [0.25, 0.3) is 11.8 Å². The van der Waals surface area contributed by atoms with Crippen LogP contribution in [-0.4, -0.2) is 79.7 Å². The van der Waals surface area contributed by atoms with Crippen LogP contribution in [0.2, 0.25) is 0 Å². The van der Waals surface area contributed by atoms with Crippen LogP contribution in [0.1, 0.15) is 25.7 Å². The summed E-state index contributed by atoms with van der Waals surface area (Å²) in [6.45, 7) is 0.214. The summed E-state index contributed by atoms with van der Waals surface area (Å²) in [5.74, 6) is -2.16. The summed E-state index contributed by atoms with van der Waals surface area (Å²) in [5.41, 5.74) is 4.26. The van der Waals surface area contributed by atoms with E-state index in [1.807, 2.05) is 0 Å². The fourth-order valence-corrected chi connectivity index (χ4v) is 3.38. The Morgan fingerprint density at radius 2 is 1.64 bits per heavy atom. The fraction of sp³-hybridized carbons (Fsp3) is 0.615. The average molecular weight is 355 g/mol. The zero-order valence-corrected chi connectivity index (χ0v) is 13.0. The number of nitrogens with zero attached hydrogens (tertiary/aromatic N) is 3. The van der Waals surface area contributed by atoms with E-state index in [1.54, 1.807) is 0 Å². The number of hydroxylamine groups is 2. The number of carbonyl (C=O) groups excluding carboxylic acids is 4. The summed E-state index contributed by atoms with van der Waals surface area (Å²) in [6.07, 6.45) is -0.815. The number of amides is 6. The Morgan fingerprint density at radius 3 is 2.28 bits per heavy atom. The second-order valence-corrected chi connectivity index (χ2v) is 6.11. The molecule has 3 atom stereocenters. The Labute approximate surface area is 141 Å². The molecule has 4 N–H and O–H groups in total. The van der Waals surface area contributed by atoms with Crippen molar-refractivity contribution in [1.82, 2.24) is 25.7 Å². The smallest absolute Gasteiger partial charge is 0.414 e. The maximum Gasteiger partial charge on any atom is 0.414 e. The number of nitrogens with one attached hydrogen (secondary N) is 2. The van der Waals surface area contributed by atoms with Gasteiger partial charge in [0.1, 0.15) is 12.1 Å². The van der Waals surface area contributed by atoms with E-state index in [9.17, 15) is 29.2 Å². The first-order chi connectivity index (χ1) is 11.8. The topological polar surface area (TPSA) is 160 Å². The zero-order chi connectivity index (χ0) is 18.3. The van der Waals surface area contributed by atoms with Gasteiger partial charge in [0.15, 0.2) is 0 Å². The lowest BCUT2D eigenvalue weighted by molar-refractivity contribution is -0.136. The van der Waals surface area contributed by atoms with Crippen molar-refractivity contribution in [2.45, 2.75) is 43.8 Å². The average Bonchev–Trinajstić information content (AvgIpc) is 3.07. The predicted molar refractivity (Wildman–Crippen MR) is 76.7 cm³/mol. The van der Waals surface area contributed by atoms with E-state index in [0.717, 1.165) is 0 Å². The number of carbonyl (C=O) groups is 5. The molecular weight excluding hydrogens is 338 g/mol. The Kier molecular flexibility index (Phi) is 4.20. The standard InChI is InChI=1S/C13H17N5O7/c19-9-4-3-8(17(9)13(23)24)11(21)15-14-10(20)7-2-1-6-5-16(7)12(22)18(6)25/h6-8,25H,1-5H2,(H,14,20)(H,15,21)(H,23,24)/t6-,7+,8+/m1/s1. The molecule has 12 nitrogen and oxygen atoms in total. The highest BCUT2D eigenvalue weighted by Gasteiger charge is 2.47. The van der Waals surface area contributed by atoms with Gasteiger partial charge in [0, 0.05) is 13.0 Å². The van der Waals surface area contributed by atoms with Crippen molar-refractivity contribution in [1.29, 1.82) is 0 Å². The van der Waals surface area contributed by atoms with E-state index in [0.29, 0.717) is 22.8 Å². The highest BCUT2D eigenvalue weighted by atomic mass is 16.5. The molecule has 3 aliphatic rings. The van der Waals surface area contributed by atoms with Crippen LogP contribution in [0.15, 0.2) is 0 Å². The van der Waals surface area contributed by atoms with Crippen LogP contribution < -0.4 is 10.9 Å². The van der Waals surface area contributed by atoms with Crippen LogP contribution in [0.5, 0.6) is 0 Å². The minimum Gasteiger partial charge on any atom is -0.465 e. The molecule has 3 saturated heterocycles. The molecule has 0 aromatic heterocycles. The minimum atomic E-state index is -1.53. The van der Waals surface area contributed by atoms with Gasteiger partial charge in [-0.2, -0.15) is 0 Å². The number of hydrazine groups is 1. The van der Waals surface area contributed by atoms with E-state index in [4.69, 9.17) is 5.11 Å². The quantitative estimate of drug-likeness (QED) is 0.345. The van der Waals surface area contributed by atoms with Crippen molar-refractivity contribution in [2.75, 3.05) is 6.54 Å². The fourth-order valence-electron chi connectivity index (χ4n) is 3.38. The molecule has 0 spiro atoms. The van der Waals surface area contributed by atoms with Crippen LogP contribution in [0.4, 0.5) is 9.59 Å². The van der Waals surface area contributed by atoms with Crippen molar-refractivity contribution in [3.05, 3.63) is 0 Å². The van der Waals surface area contributed by atoms with Gasteiger partial charge in [-0.05, 0) is 19.3 Å². The number of urea groups is 1. The molecule has 2 bridgehead atoms. The molecule has 6 amide bonds. The predicted octanol–water partition coefficient (Wildman–Crippen LogP) is -1.54. The van der Waals surface area contributed by atoms with Gasteiger partial charge in [0.2, 0.25) is 5.91 Å². The van der Waals surface area contributed by atoms with E-state index < -0.39 is 41.9 Å². The molecule has 12 heteroatoms. The molecule has 0 aromatic carbocycles. The molecule has 0 unspecified atom stereocenters. The number of likely N-dealkylation sites (tertiary alicyclic amines) is 1. The van der Waals surface area contributed by atoms with Gasteiger partial charge in [-0.15, -0.1) is 0 Å². The van der Waals surface area contributed by atoms with Crippen LogP contribution in [0.3, 0.4) is 0 Å². The number of fused-ring (bicyclic) bond motifs is 2. The number of hydrogen-bond acceptors (Lipinski definition) is 6. The molecule has 25 heavy (non-hydrogen) atoms. The van der Waals surface area contributed by atoms with Crippen molar-refractivity contribution in [3.8, 4) is 0 Å². The first kappa shape index (κ1) is 17.0. The van der Waals surface area contributed by atoms with Gasteiger partial charge in [-0.1, -0.05) is 0 Å². The summed E-state index contributed by atoms with van der Waals surface area (Å²) in [6, 6.07) is -3.07. The third-order valence-electron chi connectivity index (χ3n) is 4.68. The monoisotopic (exact) mass is 355 g/mol. The van der Waals surface area contributed by atoms with Gasteiger partial charge in [-0.25, -0.2) is 19.6 Å². The van der Waals surface area contributed by atoms with Crippen LogP contribution in [0, 0.1) is 0 Å². The van der Waals surface area contributed by atoms with Crippen molar-refractivity contribution >= 4 is 29.8 Å². The summed E-state index contributed by atoms with van der Waals surface area (Å²) in [4.78, 5) is 60.2. The highest BCUT2D eigenvalue weighted by Crippen LogP contribution is 2.28. The van der Waals surface area contributed by atoms with Gasteiger partial charge < -0.3 is 10.0 Å². The van der Waals surface area contributed by atoms with Crippen molar-refractivity contribution in [2.24, 2.45) is 0 Å². The van der Waals surface area contributed by atoms with Crippen molar-refractivity contribution in [3.63, 3.8) is 0 Å². The molecule has 3 rings (SSSR count). The first-order valence-corrected chi connectivity index (χ1v) is 7.74. The molecule has 3 fully saturated rings. The lowest BCUT2D eigenvalue weighted by Gasteiger charge is -2.29. The first-order valence-electron chi connectivity index (χ1n) is 7.74. The maximum absolute atomic E-state index is 12.2. The lowest BCUT2D eigenvalue weighted by atomic mass is 10.0. The summed E-state index contributed by atoms with van der Waals surface area (Å²) in [5, 5.41) is 19.2. The Morgan fingerprint density at radius 1 is 1.00 bits per heavy atom. The zero-order valence-electron chi connectivity index (χ0n) is 13.0. The molecule has 0 aliphatic carbocycles. The van der Waals surface area contributed by atoms with Gasteiger partial charge in [0.05, 0.1) is 6.04 Å². The number of carboxylic acid groups (broad SMARTS) is 1. The van der Waals surface area contributed by atoms with E-state index in [1.165, 1.54) is 4.90 Å². The van der Waals surface area contributed by atoms with Crippen molar-refractivity contribution < 1.29 is 34.3 Å². The summed E-state index contributed by atoms with van der Waals surface area (Å²) < 4.78 is 0. The number of hydrogen-bond donors (Lipinski definition) is 4. The van der Waals surface area contributed by atoms with Gasteiger partial charge >= 0.3 is 12.1 Å². The third-order valence-corrected chi connectivity index (χ3v) is 4.68. The molecule has 0 aromatic rings. The SMILES string of the molecule is O=C(NNC(=O)[C@@H]1CCC(=O)N1C(=O)O)[C@@H]1CC[C@@H]2CN1C(=O)N2O. The molecule has 0 radical (unpaired) electrons. The van der Waals surface area contributed by atoms with E-state index >= 15 is 0 Å². The molecule has 136 valence electrons. The molecule has 0 saturated carbocycles. The van der Waals surface area contributed by atoms with Gasteiger partial charge in [-0.3, -0.25) is 30.4 Å². The minimum absolute atomic E-state index is 0.0298. The Hall–Kier alpha value is -2.89. The number of imide groups is 1. The second-order valence-electron chi connectivity index (χ2n) is 6.11. The lowest BCUT2D eigenvalue weighted by Crippen LogP contribution is -2.57. The van der Waals surface area contributed by atoms with E-state index in [2.05, 4.69) is 10.9 Å². The van der Waals surface area contributed by atoms with Crippen LogP contribution >= 0.6 is 0 Å². The molecular formula is C13H17N5O7. The maximum atomic E-state index is 12.2. The third kappa shape index (κ3) is 2.84. The molecule has 3 heterocycles. The van der Waals surface area contributed by atoms with Crippen LogP contribution in [0.25, 0.3) is 0 Å². The summed E-state index contributed by atoms with van der Waals surface area (Å²) in [7, 11) is 0. The number of piperidine rings is 1. The largest absolute Gasteiger partial charge is 0.465 e. The molecule has 3 aliphatic heterocycles. The Balaban J connectivity index is 1.57. The highest BCUT2D eigenvalue weighted by molar-refractivity contribution is 6.00.